The van der Waals surface area contributed by atoms with Gasteiger partial charge in [-0.15, -0.1) is 0 Å². The summed E-state index contributed by atoms with van der Waals surface area (Å²) in [5.74, 6) is -2.08. The lowest BCUT2D eigenvalue weighted by Gasteiger charge is -2.27. The summed E-state index contributed by atoms with van der Waals surface area (Å²) in [5, 5.41) is 5.37. The molecule has 2 aliphatic heterocycles. The number of nitrogens with zero attached hydrogens (tertiary/aromatic N) is 1. The lowest BCUT2D eigenvalue weighted by atomic mass is 10.0. The summed E-state index contributed by atoms with van der Waals surface area (Å²) < 4.78 is 16.1. The molecule has 1 fully saturated rings. The number of carbonyl (C=O) groups is 4. The minimum Gasteiger partial charge on any atom is -0.384 e. The van der Waals surface area contributed by atoms with E-state index in [2.05, 4.69) is 10.6 Å². The molecule has 2 aliphatic rings. The molecule has 0 bridgehead atoms. The maximum atomic E-state index is 13.0. The Bertz CT molecular complexity index is 876. The van der Waals surface area contributed by atoms with Crippen molar-refractivity contribution < 1.29 is 33.4 Å². The van der Waals surface area contributed by atoms with Crippen LogP contribution in [0.2, 0.25) is 0 Å². The topological polar surface area (TPSA) is 149 Å². The highest BCUT2D eigenvalue weighted by molar-refractivity contribution is 6.25. The Morgan fingerprint density at radius 2 is 1.67 bits per heavy atom. The normalized spacial score (nSPS) is 18.0. The van der Waals surface area contributed by atoms with Crippen LogP contribution in [0.1, 0.15) is 40.0 Å². The molecule has 1 unspecified atom stereocenters. The van der Waals surface area contributed by atoms with Crippen molar-refractivity contribution in [3.8, 4) is 0 Å². The minimum absolute atomic E-state index is 0.0853. The number of nitrogens with one attached hydrogen (secondary N) is 2. The van der Waals surface area contributed by atoms with Gasteiger partial charge in [0.2, 0.25) is 11.8 Å². The van der Waals surface area contributed by atoms with E-state index in [0.717, 1.165) is 4.90 Å². The van der Waals surface area contributed by atoms with Crippen LogP contribution in [0.15, 0.2) is 18.2 Å². The molecule has 1 atom stereocenters. The van der Waals surface area contributed by atoms with E-state index in [1.54, 1.807) is 18.2 Å². The van der Waals surface area contributed by atoms with Gasteiger partial charge >= 0.3 is 0 Å². The van der Waals surface area contributed by atoms with Gasteiger partial charge < -0.3 is 25.3 Å². The first kappa shape index (κ1) is 24.8. The highest BCUT2D eigenvalue weighted by Gasteiger charge is 2.45. The number of ether oxygens (including phenoxy) is 3. The SMILES string of the molecule is NCCOCCOCCOCCCNc1cccc2c1C(=O)N(C1CCC(=O)NC1=O)C2=O. The number of piperidine rings is 1. The van der Waals surface area contributed by atoms with E-state index in [1.165, 1.54) is 0 Å². The maximum absolute atomic E-state index is 13.0. The smallest absolute Gasteiger partial charge is 0.264 e. The molecule has 2 heterocycles. The maximum Gasteiger partial charge on any atom is 0.264 e. The van der Waals surface area contributed by atoms with E-state index < -0.39 is 29.7 Å². The standard InChI is InChI=1S/C22H30N4O7/c23-7-10-32-12-14-33-13-11-31-9-2-8-24-16-4-1-3-15-19(16)22(30)26(21(15)29)17-5-6-18(27)25-20(17)28/h1,3-4,17,24H,2,5-14,23H2,(H,25,27,28). The van der Waals surface area contributed by atoms with Crippen molar-refractivity contribution in [3.63, 3.8) is 0 Å². The number of nitrogens with two attached hydrogens (primary N) is 1. The molecule has 1 aromatic carbocycles. The Balaban J connectivity index is 1.43. The van der Waals surface area contributed by atoms with Gasteiger partial charge in [-0.05, 0) is 25.0 Å². The number of anilines is 1. The zero-order chi connectivity index (χ0) is 23.6. The molecule has 1 aromatic rings. The molecule has 11 nitrogen and oxygen atoms in total. The van der Waals surface area contributed by atoms with Crippen LogP contribution in [0.5, 0.6) is 0 Å². The molecule has 0 radical (unpaired) electrons. The molecule has 0 spiro atoms. The highest BCUT2D eigenvalue weighted by atomic mass is 16.5. The number of imide groups is 2. The van der Waals surface area contributed by atoms with Crippen LogP contribution in [-0.2, 0) is 23.8 Å². The van der Waals surface area contributed by atoms with Gasteiger partial charge in [0.25, 0.3) is 11.8 Å². The average Bonchev–Trinajstić information content (AvgIpc) is 3.05. The molecule has 0 aromatic heterocycles. The first-order chi connectivity index (χ1) is 16.0. The predicted octanol–water partition coefficient (Wildman–Crippen LogP) is -0.102. The first-order valence-electron chi connectivity index (χ1n) is 11.1. The number of carbonyl (C=O) groups excluding carboxylic acids is 4. The third kappa shape index (κ3) is 6.35. The minimum atomic E-state index is -0.981. The van der Waals surface area contributed by atoms with Crippen molar-refractivity contribution >= 4 is 29.3 Å². The Morgan fingerprint density at radius 3 is 2.36 bits per heavy atom. The fourth-order valence-corrected chi connectivity index (χ4v) is 3.68. The van der Waals surface area contributed by atoms with Gasteiger partial charge in [0.05, 0.1) is 44.2 Å². The van der Waals surface area contributed by atoms with Crippen LogP contribution < -0.4 is 16.4 Å². The number of rotatable bonds is 14. The lowest BCUT2D eigenvalue weighted by Crippen LogP contribution is -2.54. The van der Waals surface area contributed by atoms with Crippen molar-refractivity contribution in [3.05, 3.63) is 29.3 Å². The van der Waals surface area contributed by atoms with Gasteiger partial charge in [0.15, 0.2) is 0 Å². The third-order valence-corrected chi connectivity index (χ3v) is 5.26. The van der Waals surface area contributed by atoms with Crippen molar-refractivity contribution in [1.82, 2.24) is 10.2 Å². The van der Waals surface area contributed by atoms with Crippen LogP contribution in [0.3, 0.4) is 0 Å². The fourth-order valence-electron chi connectivity index (χ4n) is 3.68. The summed E-state index contributed by atoms with van der Waals surface area (Å²) in [7, 11) is 0. The molecule has 3 rings (SSSR count). The van der Waals surface area contributed by atoms with Crippen molar-refractivity contribution in [1.29, 1.82) is 0 Å². The van der Waals surface area contributed by atoms with Crippen LogP contribution >= 0.6 is 0 Å². The zero-order valence-electron chi connectivity index (χ0n) is 18.5. The summed E-state index contributed by atoms with van der Waals surface area (Å²) in [6, 6.07) is 3.99. The molecule has 0 aliphatic carbocycles. The molecule has 0 saturated carbocycles. The average molecular weight is 463 g/mol. The van der Waals surface area contributed by atoms with Gasteiger partial charge in [0, 0.05) is 31.8 Å². The second-order valence-electron chi connectivity index (χ2n) is 7.58. The number of hydrogen-bond acceptors (Lipinski definition) is 9. The molecular weight excluding hydrogens is 432 g/mol. The molecule has 4 N–H and O–H groups in total. The number of benzene rings is 1. The second-order valence-corrected chi connectivity index (χ2v) is 7.58. The van der Waals surface area contributed by atoms with Crippen LogP contribution in [0.25, 0.3) is 0 Å². The van der Waals surface area contributed by atoms with Gasteiger partial charge in [0.1, 0.15) is 6.04 Å². The molecular formula is C22H30N4O7. The first-order valence-corrected chi connectivity index (χ1v) is 11.1. The Hall–Kier alpha value is -2.86. The quantitative estimate of drug-likeness (QED) is 0.254. The van der Waals surface area contributed by atoms with Gasteiger partial charge in [-0.1, -0.05) is 6.07 Å². The van der Waals surface area contributed by atoms with E-state index >= 15 is 0 Å². The summed E-state index contributed by atoms with van der Waals surface area (Å²) in [5.41, 5.74) is 6.35. The lowest BCUT2D eigenvalue weighted by molar-refractivity contribution is -0.136. The van der Waals surface area contributed by atoms with Crippen LogP contribution in [0.4, 0.5) is 5.69 Å². The van der Waals surface area contributed by atoms with Gasteiger partial charge in [-0.25, -0.2) is 0 Å². The second kappa shape index (κ2) is 12.4. The number of fused-ring (bicyclic) bond motifs is 1. The summed E-state index contributed by atoms with van der Waals surface area (Å²) >= 11 is 0. The molecule has 180 valence electrons. The summed E-state index contributed by atoms with van der Waals surface area (Å²) in [6.45, 7) is 3.98. The monoisotopic (exact) mass is 462 g/mol. The van der Waals surface area contributed by atoms with E-state index in [0.29, 0.717) is 64.8 Å². The number of amides is 4. The van der Waals surface area contributed by atoms with Gasteiger partial charge in [-0.3, -0.25) is 29.4 Å². The fraction of sp³-hybridized carbons (Fsp3) is 0.545. The van der Waals surface area contributed by atoms with Crippen LogP contribution in [0, 0.1) is 0 Å². The zero-order valence-corrected chi connectivity index (χ0v) is 18.5. The molecule has 1 saturated heterocycles. The predicted molar refractivity (Wildman–Crippen MR) is 118 cm³/mol. The van der Waals surface area contributed by atoms with Crippen molar-refractivity contribution in [2.45, 2.75) is 25.3 Å². The summed E-state index contributed by atoms with van der Waals surface area (Å²) in [4.78, 5) is 50.4. The van der Waals surface area contributed by atoms with Crippen LogP contribution in [-0.4, -0.2) is 87.3 Å². The number of hydrogen-bond donors (Lipinski definition) is 3. The van der Waals surface area contributed by atoms with Gasteiger partial charge in [-0.2, -0.15) is 0 Å². The Kier molecular flexibility index (Phi) is 9.31. The third-order valence-electron chi connectivity index (χ3n) is 5.26. The molecule has 4 amide bonds. The molecule has 11 heteroatoms. The van der Waals surface area contributed by atoms with E-state index in [4.69, 9.17) is 19.9 Å². The largest absolute Gasteiger partial charge is 0.384 e. The summed E-state index contributed by atoms with van der Waals surface area (Å²) in [6.07, 6.45) is 0.894. The highest BCUT2D eigenvalue weighted by Crippen LogP contribution is 2.32. The van der Waals surface area contributed by atoms with E-state index in [-0.39, 0.29) is 24.0 Å². The Labute approximate surface area is 191 Å². The van der Waals surface area contributed by atoms with E-state index in [9.17, 15) is 19.2 Å². The molecule has 33 heavy (non-hydrogen) atoms. The van der Waals surface area contributed by atoms with Crippen molar-refractivity contribution in [2.24, 2.45) is 5.73 Å². The Morgan fingerprint density at radius 1 is 0.970 bits per heavy atom. The van der Waals surface area contributed by atoms with Crippen molar-refractivity contribution in [2.75, 3.05) is 58.0 Å². The van der Waals surface area contributed by atoms with E-state index in [1.807, 2.05) is 0 Å².